The Kier molecular flexibility index (Phi) is 4.51. The molecule has 0 amide bonds. The number of aromatic amines is 1. The third-order valence-corrected chi connectivity index (χ3v) is 5.27. The number of aromatic hydroxyl groups is 1. The van der Waals surface area contributed by atoms with Gasteiger partial charge < -0.3 is 5.11 Å². The highest BCUT2D eigenvalue weighted by Gasteiger charge is 2.32. The monoisotopic (exact) mass is 437 g/mol. The van der Waals surface area contributed by atoms with E-state index in [-0.39, 0.29) is 28.3 Å². The van der Waals surface area contributed by atoms with Gasteiger partial charge in [-0.1, -0.05) is 48.5 Å². The van der Waals surface area contributed by atoms with Crippen molar-refractivity contribution in [2.45, 2.75) is 6.18 Å². The summed E-state index contributed by atoms with van der Waals surface area (Å²) in [7, 11) is 0. The van der Waals surface area contributed by atoms with Gasteiger partial charge in [0.05, 0.1) is 16.6 Å². The van der Waals surface area contributed by atoms with E-state index in [1.165, 1.54) is 34.9 Å². The van der Waals surface area contributed by atoms with Crippen molar-refractivity contribution >= 4 is 10.9 Å². The van der Waals surface area contributed by atoms with E-state index < -0.39 is 17.6 Å². The lowest BCUT2D eigenvalue weighted by molar-refractivity contribution is -0.137. The van der Waals surface area contributed by atoms with E-state index in [1.807, 2.05) is 18.2 Å². The molecule has 160 valence electrons. The van der Waals surface area contributed by atoms with Crippen LogP contribution in [-0.4, -0.2) is 19.9 Å². The van der Waals surface area contributed by atoms with E-state index >= 15 is 0 Å². The van der Waals surface area contributed by atoms with Crippen LogP contribution in [0.2, 0.25) is 0 Å². The molecular formula is C24H15F4N3O. The number of nitrogens with zero attached hydrogens (tertiary/aromatic N) is 2. The second kappa shape index (κ2) is 7.26. The fourth-order valence-corrected chi connectivity index (χ4v) is 3.85. The van der Waals surface area contributed by atoms with Crippen LogP contribution in [0.5, 0.6) is 5.88 Å². The topological polar surface area (TPSA) is 53.8 Å². The van der Waals surface area contributed by atoms with Gasteiger partial charge in [-0.2, -0.15) is 18.3 Å². The zero-order valence-corrected chi connectivity index (χ0v) is 16.4. The van der Waals surface area contributed by atoms with Crippen LogP contribution in [0, 0.1) is 5.82 Å². The number of aromatic nitrogens is 3. The van der Waals surface area contributed by atoms with Crippen molar-refractivity contribution in [2.24, 2.45) is 0 Å². The molecule has 0 bridgehead atoms. The molecule has 32 heavy (non-hydrogen) atoms. The number of alkyl halides is 3. The minimum Gasteiger partial charge on any atom is -0.493 e. The Hall–Kier alpha value is -4.07. The van der Waals surface area contributed by atoms with Crippen LogP contribution < -0.4 is 0 Å². The van der Waals surface area contributed by atoms with Gasteiger partial charge in [-0.05, 0) is 30.3 Å². The number of rotatable bonds is 3. The van der Waals surface area contributed by atoms with E-state index in [9.17, 15) is 22.7 Å². The van der Waals surface area contributed by atoms with Gasteiger partial charge in [0.2, 0.25) is 5.88 Å². The fourth-order valence-electron chi connectivity index (χ4n) is 3.85. The van der Waals surface area contributed by atoms with Gasteiger partial charge in [0.15, 0.2) is 0 Å². The number of hydrogen-bond acceptors (Lipinski definition) is 2. The first-order valence-electron chi connectivity index (χ1n) is 9.66. The van der Waals surface area contributed by atoms with Gasteiger partial charge in [0.1, 0.15) is 17.0 Å². The van der Waals surface area contributed by atoms with Crippen LogP contribution in [0.25, 0.3) is 39.1 Å². The third kappa shape index (κ3) is 3.11. The van der Waals surface area contributed by atoms with Crippen LogP contribution in [0.15, 0.2) is 78.9 Å². The zero-order chi connectivity index (χ0) is 22.5. The van der Waals surface area contributed by atoms with Crippen molar-refractivity contribution in [1.29, 1.82) is 0 Å². The second-order valence-corrected chi connectivity index (χ2v) is 7.22. The first-order chi connectivity index (χ1) is 15.4. The summed E-state index contributed by atoms with van der Waals surface area (Å²) in [6, 6.07) is 19.5. The molecule has 3 aromatic carbocycles. The van der Waals surface area contributed by atoms with Crippen LogP contribution in [0.1, 0.15) is 5.56 Å². The normalized spacial score (nSPS) is 11.9. The Labute approximate surface area is 179 Å². The number of nitrogens with one attached hydrogen (secondary N) is 1. The van der Waals surface area contributed by atoms with E-state index in [2.05, 4.69) is 10.2 Å². The summed E-state index contributed by atoms with van der Waals surface area (Å²) >= 11 is 0. The van der Waals surface area contributed by atoms with Gasteiger partial charge in [-0.15, -0.1) is 0 Å². The van der Waals surface area contributed by atoms with Crippen molar-refractivity contribution in [3.05, 3.63) is 90.2 Å². The van der Waals surface area contributed by atoms with E-state index in [0.29, 0.717) is 16.6 Å². The molecule has 4 nitrogen and oxygen atoms in total. The summed E-state index contributed by atoms with van der Waals surface area (Å²) < 4.78 is 56.2. The lowest BCUT2D eigenvalue weighted by atomic mass is 10.0. The first-order valence-corrected chi connectivity index (χ1v) is 9.66. The molecule has 5 rings (SSSR count). The van der Waals surface area contributed by atoms with Gasteiger partial charge in [-0.25, -0.2) is 4.39 Å². The Morgan fingerprint density at radius 2 is 1.59 bits per heavy atom. The maximum Gasteiger partial charge on any atom is 0.416 e. The highest BCUT2D eigenvalue weighted by molar-refractivity contribution is 6.07. The number of halogens is 4. The molecule has 0 saturated heterocycles. The average molecular weight is 437 g/mol. The van der Waals surface area contributed by atoms with Gasteiger partial charge in [-0.3, -0.25) is 9.67 Å². The summed E-state index contributed by atoms with van der Waals surface area (Å²) in [5.41, 5.74) is 0.820. The van der Waals surface area contributed by atoms with Crippen LogP contribution in [-0.2, 0) is 6.18 Å². The highest BCUT2D eigenvalue weighted by atomic mass is 19.4. The average Bonchev–Trinajstić information content (AvgIpc) is 3.33. The predicted octanol–water partition coefficient (Wildman–Crippen LogP) is 6.55. The highest BCUT2D eigenvalue weighted by Crippen LogP contribution is 2.44. The van der Waals surface area contributed by atoms with Crippen molar-refractivity contribution in [3.8, 4) is 34.1 Å². The van der Waals surface area contributed by atoms with Crippen LogP contribution in [0.4, 0.5) is 17.6 Å². The van der Waals surface area contributed by atoms with Crippen molar-refractivity contribution in [1.82, 2.24) is 14.8 Å². The molecule has 0 saturated carbocycles. The SMILES string of the molecule is Oc1c2[nH]nc(-c3ccccc3)c2c(-c2ccccc2F)n1-c1cccc(C(F)(F)F)c1. The lowest BCUT2D eigenvalue weighted by Gasteiger charge is -2.14. The van der Waals surface area contributed by atoms with Crippen LogP contribution >= 0.6 is 0 Å². The number of benzene rings is 3. The summed E-state index contributed by atoms with van der Waals surface area (Å²) in [5, 5.41) is 18.5. The van der Waals surface area contributed by atoms with Crippen molar-refractivity contribution in [2.75, 3.05) is 0 Å². The molecule has 0 atom stereocenters. The fraction of sp³-hybridized carbons (Fsp3) is 0.0417. The molecule has 0 fully saturated rings. The first kappa shape index (κ1) is 19.9. The molecule has 0 spiro atoms. The van der Waals surface area contributed by atoms with Crippen molar-refractivity contribution in [3.63, 3.8) is 0 Å². The Balaban J connectivity index is 1.89. The zero-order valence-electron chi connectivity index (χ0n) is 16.4. The number of hydrogen-bond donors (Lipinski definition) is 2. The molecule has 0 unspecified atom stereocenters. The van der Waals surface area contributed by atoms with Gasteiger partial charge >= 0.3 is 6.18 Å². The Morgan fingerprint density at radius 3 is 2.31 bits per heavy atom. The van der Waals surface area contributed by atoms with E-state index in [1.54, 1.807) is 18.2 Å². The molecule has 2 N–H and O–H groups in total. The molecule has 0 aliphatic rings. The largest absolute Gasteiger partial charge is 0.493 e. The molecule has 0 aliphatic carbocycles. The minimum absolute atomic E-state index is 0.0409. The molecule has 2 aromatic heterocycles. The lowest BCUT2D eigenvalue weighted by Crippen LogP contribution is -2.06. The summed E-state index contributed by atoms with van der Waals surface area (Å²) in [4.78, 5) is 0. The smallest absolute Gasteiger partial charge is 0.416 e. The van der Waals surface area contributed by atoms with Crippen molar-refractivity contribution < 1.29 is 22.7 Å². The molecular weight excluding hydrogens is 422 g/mol. The molecule has 8 heteroatoms. The third-order valence-electron chi connectivity index (χ3n) is 5.27. The standard InChI is InChI=1S/C24H15F4N3O/c25-18-12-5-4-11-17(18)22-19-20(14-7-2-1-3-8-14)29-30-21(19)23(32)31(22)16-10-6-9-15(13-16)24(26,27)28/h1-13,30,32H. The molecule has 5 aromatic rings. The maximum absolute atomic E-state index is 14.9. The Bertz CT molecular complexity index is 1440. The summed E-state index contributed by atoms with van der Waals surface area (Å²) in [5.74, 6) is -0.951. The molecule has 0 aliphatic heterocycles. The van der Waals surface area contributed by atoms with E-state index in [0.717, 1.165) is 12.1 Å². The Morgan fingerprint density at radius 1 is 0.875 bits per heavy atom. The number of fused-ring (bicyclic) bond motifs is 1. The minimum atomic E-state index is -4.57. The number of H-pyrrole nitrogens is 1. The molecule has 0 radical (unpaired) electrons. The maximum atomic E-state index is 14.9. The molecule has 2 heterocycles. The quantitative estimate of drug-likeness (QED) is 0.315. The van der Waals surface area contributed by atoms with Gasteiger partial charge in [0.25, 0.3) is 0 Å². The second-order valence-electron chi connectivity index (χ2n) is 7.22. The van der Waals surface area contributed by atoms with Crippen LogP contribution in [0.3, 0.4) is 0 Å². The van der Waals surface area contributed by atoms with E-state index in [4.69, 9.17) is 0 Å². The summed E-state index contributed by atoms with van der Waals surface area (Å²) in [6.07, 6.45) is -4.57. The predicted molar refractivity (Wildman–Crippen MR) is 113 cm³/mol. The summed E-state index contributed by atoms with van der Waals surface area (Å²) in [6.45, 7) is 0. The van der Waals surface area contributed by atoms with Gasteiger partial charge in [0, 0.05) is 16.8 Å².